The molecule has 1 amide bonds. The number of aliphatic hydroxyl groups excluding tert-OH is 1. The Hall–Kier alpha value is -1.79. The van der Waals surface area contributed by atoms with E-state index in [1.807, 2.05) is 0 Å². The molecule has 33 heavy (non-hydrogen) atoms. The van der Waals surface area contributed by atoms with Gasteiger partial charge in [-0.3, -0.25) is 9.59 Å². The lowest BCUT2D eigenvalue weighted by atomic mass is 9.83. The van der Waals surface area contributed by atoms with Gasteiger partial charge in [0.1, 0.15) is 5.82 Å². The van der Waals surface area contributed by atoms with Crippen LogP contribution in [-0.2, 0) is 4.79 Å². The molecule has 3 aliphatic rings. The number of aliphatic hydroxyl groups is 1. The van der Waals surface area contributed by atoms with E-state index in [9.17, 15) is 19.1 Å². The molecule has 6 heteroatoms. The molecule has 182 valence electrons. The number of piperidine rings is 1. The molecule has 2 atom stereocenters. The number of amides is 1. The van der Waals surface area contributed by atoms with E-state index in [1.54, 1.807) is 12.1 Å². The van der Waals surface area contributed by atoms with E-state index in [0.717, 1.165) is 70.5 Å². The highest BCUT2D eigenvalue weighted by atomic mass is 19.1. The van der Waals surface area contributed by atoms with Gasteiger partial charge in [-0.05, 0) is 120 Å². The van der Waals surface area contributed by atoms with Crippen LogP contribution in [0, 0.1) is 23.6 Å². The molecule has 3 fully saturated rings. The molecule has 0 aromatic heterocycles. The Kier molecular flexibility index (Phi) is 8.53. The van der Waals surface area contributed by atoms with Gasteiger partial charge in [-0.15, -0.1) is 0 Å². The summed E-state index contributed by atoms with van der Waals surface area (Å²) < 4.78 is 13.1. The summed E-state index contributed by atoms with van der Waals surface area (Å²) in [5.41, 5.74) is 0.625. The normalized spacial score (nSPS) is 29.2. The lowest BCUT2D eigenvalue weighted by molar-refractivity contribution is -0.123. The fourth-order valence-electron chi connectivity index (χ4n) is 6.01. The number of carbonyl (C=O) groups is 2. The van der Waals surface area contributed by atoms with E-state index in [0.29, 0.717) is 23.9 Å². The third kappa shape index (κ3) is 7.10. The molecule has 0 spiro atoms. The molecule has 0 unspecified atom stereocenters. The number of benzene rings is 1. The Balaban J connectivity index is 1.09. The number of hydrogen-bond donors (Lipinski definition) is 2. The molecular weight excluding hydrogens is 419 g/mol. The minimum atomic E-state index is -0.303. The fourth-order valence-corrected chi connectivity index (χ4v) is 6.01. The maximum Gasteiger partial charge on any atom is 0.220 e. The molecule has 0 radical (unpaired) electrons. The smallest absolute Gasteiger partial charge is 0.220 e. The molecule has 1 aromatic rings. The van der Waals surface area contributed by atoms with Crippen LogP contribution in [0.15, 0.2) is 24.3 Å². The van der Waals surface area contributed by atoms with Crippen LogP contribution in [-0.4, -0.2) is 53.5 Å². The van der Waals surface area contributed by atoms with E-state index in [1.165, 1.54) is 31.4 Å². The lowest BCUT2D eigenvalue weighted by Gasteiger charge is -2.34. The quantitative estimate of drug-likeness (QED) is 0.569. The third-order valence-electron chi connectivity index (χ3n) is 8.14. The number of hydrogen-bond acceptors (Lipinski definition) is 4. The Morgan fingerprint density at radius 2 is 1.61 bits per heavy atom. The van der Waals surface area contributed by atoms with Crippen molar-refractivity contribution >= 4 is 11.7 Å². The highest BCUT2D eigenvalue weighted by molar-refractivity contribution is 5.97. The van der Waals surface area contributed by atoms with Gasteiger partial charge in [-0.2, -0.15) is 0 Å². The summed E-state index contributed by atoms with van der Waals surface area (Å²) in [6.45, 7) is 3.00. The minimum Gasteiger partial charge on any atom is -0.393 e. The van der Waals surface area contributed by atoms with Crippen molar-refractivity contribution in [2.45, 2.75) is 82.8 Å². The van der Waals surface area contributed by atoms with Gasteiger partial charge in [-0.25, -0.2) is 4.39 Å². The zero-order chi connectivity index (χ0) is 23.2. The molecule has 1 aliphatic heterocycles. The van der Waals surface area contributed by atoms with Crippen molar-refractivity contribution in [3.05, 3.63) is 35.6 Å². The van der Waals surface area contributed by atoms with Crippen molar-refractivity contribution in [2.24, 2.45) is 17.8 Å². The highest BCUT2D eigenvalue weighted by Crippen LogP contribution is 2.30. The highest BCUT2D eigenvalue weighted by Gasteiger charge is 2.29. The average Bonchev–Trinajstić information content (AvgIpc) is 3.23. The van der Waals surface area contributed by atoms with Crippen molar-refractivity contribution in [3.8, 4) is 0 Å². The van der Waals surface area contributed by atoms with Crippen LogP contribution in [0.5, 0.6) is 0 Å². The Bertz CT molecular complexity index is 783. The first kappa shape index (κ1) is 24.3. The maximum absolute atomic E-state index is 13.1. The first-order valence-corrected chi connectivity index (χ1v) is 13.0. The summed E-state index contributed by atoms with van der Waals surface area (Å²) in [6.07, 6.45) is 10.4. The maximum atomic E-state index is 13.1. The Labute approximate surface area is 197 Å². The second-order valence-electron chi connectivity index (χ2n) is 10.6. The minimum absolute atomic E-state index is 0.0539. The number of Topliss-reactive ketones (excluding diaryl/α,β-unsaturated/α-hetero) is 1. The summed E-state index contributed by atoms with van der Waals surface area (Å²) >= 11 is 0. The molecule has 2 aliphatic carbocycles. The van der Waals surface area contributed by atoms with Gasteiger partial charge in [0.15, 0.2) is 5.78 Å². The number of ketones is 1. The largest absolute Gasteiger partial charge is 0.393 e. The van der Waals surface area contributed by atoms with Crippen LogP contribution < -0.4 is 5.32 Å². The van der Waals surface area contributed by atoms with Crippen LogP contribution in [0.3, 0.4) is 0 Å². The number of nitrogens with one attached hydrogen (secondary N) is 1. The Morgan fingerprint density at radius 1 is 0.939 bits per heavy atom. The van der Waals surface area contributed by atoms with Crippen LogP contribution in [0.2, 0.25) is 0 Å². The van der Waals surface area contributed by atoms with Crippen molar-refractivity contribution in [2.75, 3.05) is 19.6 Å². The van der Waals surface area contributed by atoms with Crippen LogP contribution >= 0.6 is 0 Å². The van der Waals surface area contributed by atoms with Crippen molar-refractivity contribution in [3.63, 3.8) is 0 Å². The molecular formula is C27H39FN2O3. The molecule has 1 heterocycles. The predicted octanol–water partition coefficient (Wildman–Crippen LogP) is 4.34. The van der Waals surface area contributed by atoms with Crippen LogP contribution in [0.4, 0.5) is 4.39 Å². The number of rotatable bonds is 8. The molecule has 5 nitrogen and oxygen atoms in total. The predicted molar refractivity (Wildman–Crippen MR) is 126 cm³/mol. The first-order valence-electron chi connectivity index (χ1n) is 13.0. The summed E-state index contributed by atoms with van der Waals surface area (Å²) in [5.74, 6) is 1.14. The van der Waals surface area contributed by atoms with Gasteiger partial charge >= 0.3 is 0 Å². The SMILES string of the molecule is O=C(C[C@H]1CC[C@@H](O)C1)NC1CCC(CCN2CCC(C(=O)c3ccc(F)cc3)CC2)CC1. The monoisotopic (exact) mass is 458 g/mol. The van der Waals surface area contributed by atoms with Gasteiger partial charge in [-0.1, -0.05) is 0 Å². The van der Waals surface area contributed by atoms with Gasteiger partial charge < -0.3 is 15.3 Å². The second kappa shape index (κ2) is 11.6. The lowest BCUT2D eigenvalue weighted by Crippen LogP contribution is -2.39. The number of likely N-dealkylation sites (tertiary alicyclic amines) is 1. The van der Waals surface area contributed by atoms with E-state index < -0.39 is 0 Å². The van der Waals surface area contributed by atoms with Gasteiger partial charge in [0, 0.05) is 23.9 Å². The van der Waals surface area contributed by atoms with E-state index in [-0.39, 0.29) is 29.5 Å². The fraction of sp³-hybridized carbons (Fsp3) is 0.704. The molecule has 4 rings (SSSR count). The van der Waals surface area contributed by atoms with Crippen LogP contribution in [0.25, 0.3) is 0 Å². The number of nitrogens with zero attached hydrogens (tertiary/aromatic N) is 1. The first-order chi connectivity index (χ1) is 16.0. The number of carbonyl (C=O) groups excluding carboxylic acids is 2. The second-order valence-corrected chi connectivity index (χ2v) is 10.6. The molecule has 2 saturated carbocycles. The topological polar surface area (TPSA) is 69.6 Å². The average molecular weight is 459 g/mol. The molecule has 1 saturated heterocycles. The van der Waals surface area contributed by atoms with E-state index >= 15 is 0 Å². The van der Waals surface area contributed by atoms with E-state index in [2.05, 4.69) is 10.2 Å². The summed E-state index contributed by atoms with van der Waals surface area (Å²) in [6, 6.07) is 6.24. The number of halogens is 1. The summed E-state index contributed by atoms with van der Waals surface area (Å²) in [5, 5.41) is 12.9. The summed E-state index contributed by atoms with van der Waals surface area (Å²) in [4.78, 5) is 27.5. The van der Waals surface area contributed by atoms with Crippen molar-refractivity contribution in [1.82, 2.24) is 10.2 Å². The standard InChI is InChI=1S/C27H39FN2O3/c28-23-6-4-21(5-7-23)27(33)22-12-15-30(16-13-22)14-11-19-1-8-24(9-2-19)29-26(32)18-20-3-10-25(31)17-20/h4-7,19-20,22,24-25,31H,1-3,8-18H2,(H,29,32)/t19?,20-,24?,25+/m0/s1. The van der Waals surface area contributed by atoms with Crippen LogP contribution in [0.1, 0.15) is 81.0 Å². The molecule has 2 N–H and O–H groups in total. The summed E-state index contributed by atoms with van der Waals surface area (Å²) in [7, 11) is 0. The van der Waals surface area contributed by atoms with Gasteiger partial charge in [0.2, 0.25) is 5.91 Å². The molecule has 1 aromatic carbocycles. The van der Waals surface area contributed by atoms with Gasteiger partial charge in [0.05, 0.1) is 6.10 Å². The Morgan fingerprint density at radius 3 is 2.24 bits per heavy atom. The van der Waals surface area contributed by atoms with E-state index in [4.69, 9.17) is 0 Å². The molecule has 0 bridgehead atoms. The third-order valence-corrected chi connectivity index (χ3v) is 8.14. The van der Waals surface area contributed by atoms with Crippen molar-refractivity contribution in [1.29, 1.82) is 0 Å². The van der Waals surface area contributed by atoms with Gasteiger partial charge in [0.25, 0.3) is 0 Å². The zero-order valence-corrected chi connectivity index (χ0v) is 19.7. The van der Waals surface area contributed by atoms with Crippen molar-refractivity contribution < 1.29 is 19.1 Å². The zero-order valence-electron chi connectivity index (χ0n) is 19.7.